The fourth-order valence-electron chi connectivity index (χ4n) is 2.41. The summed E-state index contributed by atoms with van der Waals surface area (Å²) in [6.45, 7) is 2.94. The van der Waals surface area contributed by atoms with Gasteiger partial charge in [0.05, 0.1) is 16.9 Å². The third-order valence-corrected chi connectivity index (χ3v) is 3.66. The van der Waals surface area contributed by atoms with Crippen LogP contribution in [0, 0.1) is 6.92 Å². The maximum Gasteiger partial charge on any atom is 0.124 e. The summed E-state index contributed by atoms with van der Waals surface area (Å²) >= 11 is 6.03. The molecule has 0 amide bonds. The molecule has 4 heteroatoms. The van der Waals surface area contributed by atoms with Gasteiger partial charge in [0.25, 0.3) is 0 Å². The maximum atomic E-state index is 6.03. The Balaban J connectivity index is 1.95. The lowest BCUT2D eigenvalue weighted by Gasteiger charge is -2.07. The van der Waals surface area contributed by atoms with Gasteiger partial charge in [-0.25, -0.2) is 4.98 Å². The summed E-state index contributed by atoms with van der Waals surface area (Å²) in [5, 5.41) is 0. The van der Waals surface area contributed by atoms with Crippen molar-refractivity contribution in [1.82, 2.24) is 14.5 Å². The summed E-state index contributed by atoms with van der Waals surface area (Å²) in [6, 6.07) is 12.3. The van der Waals surface area contributed by atoms with Gasteiger partial charge in [0, 0.05) is 24.9 Å². The molecule has 0 saturated carbocycles. The van der Waals surface area contributed by atoms with E-state index in [1.165, 1.54) is 5.56 Å². The quantitative estimate of drug-likeness (QED) is 0.684. The maximum absolute atomic E-state index is 6.03. The lowest BCUT2D eigenvalue weighted by molar-refractivity contribution is 0.678. The van der Waals surface area contributed by atoms with E-state index in [4.69, 9.17) is 11.6 Å². The highest BCUT2D eigenvalue weighted by Gasteiger charge is 2.10. The van der Waals surface area contributed by atoms with E-state index in [0.717, 1.165) is 35.5 Å². The molecule has 3 aromatic rings. The predicted molar refractivity (Wildman–Crippen MR) is 82.0 cm³/mol. The Morgan fingerprint density at radius 1 is 1.20 bits per heavy atom. The van der Waals surface area contributed by atoms with Crippen LogP contribution in [0.1, 0.15) is 17.1 Å². The second-order valence-electron chi connectivity index (χ2n) is 4.88. The van der Waals surface area contributed by atoms with Gasteiger partial charge in [-0.15, -0.1) is 11.6 Å². The lowest BCUT2D eigenvalue weighted by Crippen LogP contribution is -2.06. The van der Waals surface area contributed by atoms with Gasteiger partial charge in [0.1, 0.15) is 5.82 Å². The van der Waals surface area contributed by atoms with Crippen molar-refractivity contribution in [3.05, 3.63) is 59.7 Å². The van der Waals surface area contributed by atoms with Crippen LogP contribution in [0.4, 0.5) is 0 Å². The van der Waals surface area contributed by atoms with Crippen molar-refractivity contribution in [3.8, 4) is 0 Å². The first-order chi connectivity index (χ1) is 9.78. The van der Waals surface area contributed by atoms with Gasteiger partial charge in [-0.2, -0.15) is 0 Å². The van der Waals surface area contributed by atoms with E-state index in [2.05, 4.69) is 39.7 Å². The number of hydrogen-bond acceptors (Lipinski definition) is 2. The van der Waals surface area contributed by atoms with E-state index in [1.807, 2.05) is 24.4 Å². The molecule has 3 rings (SSSR count). The van der Waals surface area contributed by atoms with Gasteiger partial charge in [-0.05, 0) is 36.8 Å². The van der Waals surface area contributed by atoms with Crippen LogP contribution >= 0.6 is 11.6 Å². The van der Waals surface area contributed by atoms with Gasteiger partial charge in [-0.1, -0.05) is 12.1 Å². The van der Waals surface area contributed by atoms with Crippen molar-refractivity contribution in [2.45, 2.75) is 25.8 Å². The topological polar surface area (TPSA) is 30.7 Å². The highest BCUT2D eigenvalue weighted by molar-refractivity contribution is 6.16. The summed E-state index contributed by atoms with van der Waals surface area (Å²) in [7, 11) is 0. The van der Waals surface area contributed by atoms with Crippen molar-refractivity contribution in [1.29, 1.82) is 0 Å². The Kier molecular flexibility index (Phi) is 3.70. The normalized spacial score (nSPS) is 11.1. The molecule has 2 heterocycles. The van der Waals surface area contributed by atoms with Crippen LogP contribution in [-0.2, 0) is 18.8 Å². The number of hydrogen-bond donors (Lipinski definition) is 0. The third-order valence-electron chi connectivity index (χ3n) is 3.42. The van der Waals surface area contributed by atoms with E-state index >= 15 is 0 Å². The van der Waals surface area contributed by atoms with E-state index in [9.17, 15) is 0 Å². The fraction of sp³-hybridized carbons (Fsp3) is 0.250. The fourth-order valence-corrected chi connectivity index (χ4v) is 2.61. The van der Waals surface area contributed by atoms with Gasteiger partial charge in [0.2, 0.25) is 0 Å². The molecule has 0 spiro atoms. The monoisotopic (exact) mass is 285 g/mol. The third kappa shape index (κ3) is 2.54. The number of alkyl halides is 1. The summed E-state index contributed by atoms with van der Waals surface area (Å²) < 4.78 is 2.20. The van der Waals surface area contributed by atoms with Crippen molar-refractivity contribution >= 4 is 22.6 Å². The standard InChI is InChI=1S/C16H16ClN3/c1-12-5-6-14-15(10-12)20(16(11-17)19-14)9-7-13-4-2-3-8-18-13/h2-6,8,10H,7,9,11H2,1H3. The van der Waals surface area contributed by atoms with Crippen LogP contribution in [0.2, 0.25) is 0 Å². The summed E-state index contributed by atoms with van der Waals surface area (Å²) in [6.07, 6.45) is 2.71. The van der Waals surface area contributed by atoms with Crippen LogP contribution in [0.5, 0.6) is 0 Å². The molecule has 0 radical (unpaired) electrons. The van der Waals surface area contributed by atoms with Crippen molar-refractivity contribution < 1.29 is 0 Å². The number of imidazole rings is 1. The first kappa shape index (κ1) is 13.1. The lowest BCUT2D eigenvalue weighted by atomic mass is 10.2. The van der Waals surface area contributed by atoms with Crippen molar-refractivity contribution in [3.63, 3.8) is 0 Å². The number of aryl methyl sites for hydroxylation is 3. The second kappa shape index (κ2) is 5.63. The largest absolute Gasteiger partial charge is 0.327 e. The molecule has 0 N–H and O–H groups in total. The Morgan fingerprint density at radius 3 is 2.85 bits per heavy atom. The van der Waals surface area contributed by atoms with E-state index < -0.39 is 0 Å². The van der Waals surface area contributed by atoms with Gasteiger partial charge in [0.15, 0.2) is 0 Å². The Labute approximate surface area is 123 Å². The van der Waals surface area contributed by atoms with Crippen LogP contribution in [0.3, 0.4) is 0 Å². The number of rotatable bonds is 4. The Morgan fingerprint density at radius 2 is 2.10 bits per heavy atom. The number of benzene rings is 1. The summed E-state index contributed by atoms with van der Waals surface area (Å²) in [5.41, 5.74) is 4.48. The molecule has 0 aliphatic carbocycles. The molecule has 3 nitrogen and oxygen atoms in total. The molecule has 0 aliphatic rings. The first-order valence-corrected chi connectivity index (χ1v) is 7.23. The summed E-state index contributed by atoms with van der Waals surface area (Å²) in [4.78, 5) is 8.96. The molecule has 0 fully saturated rings. The molecule has 0 saturated heterocycles. The number of nitrogens with zero attached hydrogens (tertiary/aromatic N) is 3. The molecule has 2 aromatic heterocycles. The molecule has 102 valence electrons. The average Bonchev–Trinajstić information content (AvgIpc) is 2.83. The minimum atomic E-state index is 0.427. The molecule has 0 unspecified atom stereocenters. The van der Waals surface area contributed by atoms with Gasteiger partial charge in [-0.3, -0.25) is 4.98 Å². The number of pyridine rings is 1. The van der Waals surface area contributed by atoms with E-state index in [0.29, 0.717) is 5.88 Å². The van der Waals surface area contributed by atoms with E-state index in [1.54, 1.807) is 0 Å². The van der Waals surface area contributed by atoms with Crippen molar-refractivity contribution in [2.75, 3.05) is 0 Å². The molecule has 20 heavy (non-hydrogen) atoms. The zero-order chi connectivity index (χ0) is 13.9. The molecular weight excluding hydrogens is 270 g/mol. The molecule has 1 aromatic carbocycles. The molecule has 0 atom stereocenters. The van der Waals surface area contributed by atoms with Crippen LogP contribution < -0.4 is 0 Å². The second-order valence-corrected chi connectivity index (χ2v) is 5.14. The molecule has 0 aliphatic heterocycles. The first-order valence-electron chi connectivity index (χ1n) is 6.69. The van der Waals surface area contributed by atoms with Crippen molar-refractivity contribution in [2.24, 2.45) is 0 Å². The highest BCUT2D eigenvalue weighted by Crippen LogP contribution is 2.19. The van der Waals surface area contributed by atoms with Gasteiger partial charge >= 0.3 is 0 Å². The van der Waals surface area contributed by atoms with Crippen LogP contribution in [0.15, 0.2) is 42.6 Å². The smallest absolute Gasteiger partial charge is 0.124 e. The average molecular weight is 286 g/mol. The van der Waals surface area contributed by atoms with Crippen LogP contribution in [-0.4, -0.2) is 14.5 Å². The number of aromatic nitrogens is 3. The highest BCUT2D eigenvalue weighted by atomic mass is 35.5. The summed E-state index contributed by atoms with van der Waals surface area (Å²) in [5.74, 6) is 1.35. The van der Waals surface area contributed by atoms with Crippen LogP contribution in [0.25, 0.3) is 11.0 Å². The molecular formula is C16H16ClN3. The minimum Gasteiger partial charge on any atom is -0.327 e. The zero-order valence-corrected chi connectivity index (χ0v) is 12.1. The minimum absolute atomic E-state index is 0.427. The number of halogens is 1. The zero-order valence-electron chi connectivity index (χ0n) is 11.4. The van der Waals surface area contributed by atoms with E-state index in [-0.39, 0.29) is 0 Å². The molecule has 0 bridgehead atoms. The Hall–Kier alpha value is -1.87. The Bertz CT molecular complexity index is 719. The number of fused-ring (bicyclic) bond motifs is 1. The SMILES string of the molecule is Cc1ccc2nc(CCl)n(CCc3ccccn3)c2c1. The predicted octanol–water partition coefficient (Wildman–Crippen LogP) is 3.72. The van der Waals surface area contributed by atoms with Gasteiger partial charge < -0.3 is 4.57 Å².